The molecule has 0 heterocycles. The van der Waals surface area contributed by atoms with Crippen LogP contribution in [0.1, 0.15) is 65.7 Å². The van der Waals surface area contributed by atoms with E-state index in [4.69, 9.17) is 4.74 Å². The highest BCUT2D eigenvalue weighted by Crippen LogP contribution is 2.53. The van der Waals surface area contributed by atoms with E-state index in [1.807, 2.05) is 0 Å². The molecule has 1 heteroatoms. The molecule has 0 aromatic rings. The Bertz CT molecular complexity index is 195. The third-order valence-corrected chi connectivity index (χ3v) is 4.66. The van der Waals surface area contributed by atoms with E-state index < -0.39 is 0 Å². The summed E-state index contributed by atoms with van der Waals surface area (Å²) >= 11 is 0. The Morgan fingerprint density at radius 3 is 2.40 bits per heavy atom. The minimum atomic E-state index is 0.467. The first-order valence-electron chi connectivity index (χ1n) is 6.79. The summed E-state index contributed by atoms with van der Waals surface area (Å²) in [4.78, 5) is 0. The van der Waals surface area contributed by atoms with Crippen LogP contribution in [-0.4, -0.2) is 12.2 Å². The number of rotatable bonds is 3. The van der Waals surface area contributed by atoms with Crippen molar-refractivity contribution >= 4 is 0 Å². The molecular formula is C14H26O. The maximum absolute atomic E-state index is 5.99. The zero-order valence-corrected chi connectivity index (χ0v) is 10.6. The van der Waals surface area contributed by atoms with Crippen molar-refractivity contribution in [3.8, 4) is 0 Å². The number of ether oxygens (including phenoxy) is 1. The minimum absolute atomic E-state index is 0.467. The fourth-order valence-corrected chi connectivity index (χ4v) is 3.21. The molecule has 0 aromatic heterocycles. The summed E-state index contributed by atoms with van der Waals surface area (Å²) in [6, 6.07) is 0. The highest BCUT2D eigenvalue weighted by atomic mass is 16.5. The smallest absolute Gasteiger partial charge is 0.0589 e. The molecule has 0 aromatic carbocycles. The number of hydrogen-bond acceptors (Lipinski definition) is 1. The lowest BCUT2D eigenvalue weighted by Crippen LogP contribution is -2.45. The predicted molar refractivity (Wildman–Crippen MR) is 63.9 cm³/mol. The molecule has 1 atom stereocenters. The van der Waals surface area contributed by atoms with E-state index in [-0.39, 0.29) is 0 Å². The van der Waals surface area contributed by atoms with Crippen LogP contribution >= 0.6 is 0 Å². The molecule has 2 aliphatic carbocycles. The van der Waals surface area contributed by atoms with E-state index in [0.29, 0.717) is 17.6 Å². The van der Waals surface area contributed by atoms with Crippen LogP contribution in [0.15, 0.2) is 0 Å². The van der Waals surface area contributed by atoms with Gasteiger partial charge >= 0.3 is 0 Å². The van der Waals surface area contributed by atoms with Crippen LogP contribution in [0.25, 0.3) is 0 Å². The van der Waals surface area contributed by atoms with E-state index in [1.54, 1.807) is 0 Å². The van der Waals surface area contributed by atoms with Gasteiger partial charge in [-0.25, -0.2) is 0 Å². The molecule has 0 bridgehead atoms. The van der Waals surface area contributed by atoms with E-state index >= 15 is 0 Å². The molecular weight excluding hydrogens is 184 g/mol. The molecule has 1 nitrogen and oxygen atoms in total. The summed E-state index contributed by atoms with van der Waals surface area (Å²) in [6.45, 7) is 6.81. The molecule has 2 rings (SSSR count). The summed E-state index contributed by atoms with van der Waals surface area (Å²) < 4.78 is 5.99. The van der Waals surface area contributed by atoms with Crippen LogP contribution < -0.4 is 0 Å². The van der Waals surface area contributed by atoms with Gasteiger partial charge in [-0.05, 0) is 50.4 Å². The highest BCUT2D eigenvalue weighted by molar-refractivity contribution is 4.97. The Morgan fingerprint density at radius 1 is 1.27 bits per heavy atom. The van der Waals surface area contributed by atoms with Gasteiger partial charge in [0.15, 0.2) is 0 Å². The molecule has 0 amide bonds. The van der Waals surface area contributed by atoms with Crippen LogP contribution in [0, 0.1) is 11.3 Å². The fourth-order valence-electron chi connectivity index (χ4n) is 3.21. The van der Waals surface area contributed by atoms with E-state index in [1.165, 1.54) is 38.5 Å². The second-order valence-corrected chi connectivity index (χ2v) is 6.07. The summed E-state index contributed by atoms with van der Waals surface area (Å²) in [7, 11) is 0. The molecule has 15 heavy (non-hydrogen) atoms. The Kier molecular flexibility index (Phi) is 3.39. The van der Waals surface area contributed by atoms with Crippen molar-refractivity contribution in [3.63, 3.8) is 0 Å². The third-order valence-electron chi connectivity index (χ3n) is 4.66. The van der Waals surface area contributed by atoms with Crippen molar-refractivity contribution in [3.05, 3.63) is 0 Å². The largest absolute Gasteiger partial charge is 0.375 e. The average molecular weight is 210 g/mol. The molecule has 2 saturated carbocycles. The Morgan fingerprint density at radius 2 is 1.87 bits per heavy atom. The Balaban J connectivity index is 1.72. The van der Waals surface area contributed by atoms with Crippen molar-refractivity contribution in [1.29, 1.82) is 0 Å². The quantitative estimate of drug-likeness (QED) is 0.679. The first kappa shape index (κ1) is 11.4. The summed E-state index contributed by atoms with van der Waals surface area (Å²) in [5.41, 5.74) is 0.713. The zero-order chi connectivity index (χ0) is 10.9. The van der Waals surface area contributed by atoms with Gasteiger partial charge in [-0.1, -0.05) is 26.7 Å². The van der Waals surface area contributed by atoms with Crippen molar-refractivity contribution in [2.24, 2.45) is 11.3 Å². The SMILES string of the molecule is CCC(C)OC1CC2(CCC(C)CC2)C1. The lowest BCUT2D eigenvalue weighted by Gasteiger charge is -2.51. The maximum Gasteiger partial charge on any atom is 0.0589 e. The van der Waals surface area contributed by atoms with Crippen LogP contribution in [0.3, 0.4) is 0 Å². The van der Waals surface area contributed by atoms with Crippen molar-refractivity contribution in [2.75, 3.05) is 0 Å². The lowest BCUT2D eigenvalue weighted by atomic mass is 9.58. The molecule has 1 spiro atoms. The third kappa shape index (κ3) is 2.55. The molecule has 0 saturated heterocycles. The molecule has 0 radical (unpaired) electrons. The van der Waals surface area contributed by atoms with Gasteiger partial charge in [0.05, 0.1) is 12.2 Å². The first-order chi connectivity index (χ1) is 7.13. The van der Waals surface area contributed by atoms with Gasteiger partial charge in [0.25, 0.3) is 0 Å². The molecule has 2 aliphatic rings. The highest BCUT2D eigenvalue weighted by Gasteiger charge is 2.46. The second kappa shape index (κ2) is 4.45. The Labute approximate surface area is 94.6 Å². The summed E-state index contributed by atoms with van der Waals surface area (Å²) in [5.74, 6) is 0.977. The van der Waals surface area contributed by atoms with Gasteiger partial charge in [0.1, 0.15) is 0 Å². The second-order valence-electron chi connectivity index (χ2n) is 6.07. The minimum Gasteiger partial charge on any atom is -0.375 e. The van der Waals surface area contributed by atoms with Crippen LogP contribution in [0.5, 0.6) is 0 Å². The van der Waals surface area contributed by atoms with Gasteiger partial charge in [0, 0.05) is 0 Å². The van der Waals surface area contributed by atoms with Gasteiger partial charge < -0.3 is 4.74 Å². The maximum atomic E-state index is 5.99. The molecule has 1 unspecified atom stereocenters. The standard InChI is InChI=1S/C14H26O/c1-4-12(3)15-13-9-14(10-13)7-5-11(2)6-8-14/h11-13H,4-10H2,1-3H3. The van der Waals surface area contributed by atoms with Crippen LogP contribution in [0.4, 0.5) is 0 Å². The van der Waals surface area contributed by atoms with Crippen LogP contribution in [0.2, 0.25) is 0 Å². The predicted octanol–water partition coefficient (Wildman–Crippen LogP) is 4.16. The van der Waals surface area contributed by atoms with E-state index in [0.717, 1.165) is 12.3 Å². The monoisotopic (exact) mass is 210 g/mol. The van der Waals surface area contributed by atoms with Crippen molar-refractivity contribution < 1.29 is 4.74 Å². The fraction of sp³-hybridized carbons (Fsp3) is 1.00. The summed E-state index contributed by atoms with van der Waals surface area (Å²) in [6.07, 6.45) is 10.8. The molecule has 0 aliphatic heterocycles. The van der Waals surface area contributed by atoms with Gasteiger partial charge in [-0.15, -0.1) is 0 Å². The number of hydrogen-bond donors (Lipinski definition) is 0. The lowest BCUT2D eigenvalue weighted by molar-refractivity contribution is -0.125. The zero-order valence-electron chi connectivity index (χ0n) is 10.6. The van der Waals surface area contributed by atoms with E-state index in [2.05, 4.69) is 20.8 Å². The van der Waals surface area contributed by atoms with Gasteiger partial charge in [0.2, 0.25) is 0 Å². The molecule has 0 N–H and O–H groups in total. The normalized spacial score (nSPS) is 42.6. The Hall–Kier alpha value is -0.0400. The van der Waals surface area contributed by atoms with Gasteiger partial charge in [-0.3, -0.25) is 0 Å². The van der Waals surface area contributed by atoms with Gasteiger partial charge in [-0.2, -0.15) is 0 Å². The van der Waals surface area contributed by atoms with Crippen molar-refractivity contribution in [2.45, 2.75) is 77.9 Å². The molecule has 2 fully saturated rings. The summed E-state index contributed by atoms with van der Waals surface area (Å²) in [5, 5.41) is 0. The van der Waals surface area contributed by atoms with Crippen LogP contribution in [-0.2, 0) is 4.74 Å². The topological polar surface area (TPSA) is 9.23 Å². The first-order valence-corrected chi connectivity index (χ1v) is 6.79. The van der Waals surface area contributed by atoms with E-state index in [9.17, 15) is 0 Å². The van der Waals surface area contributed by atoms with Crippen molar-refractivity contribution in [1.82, 2.24) is 0 Å². The average Bonchev–Trinajstić information content (AvgIpc) is 2.19. The molecule has 88 valence electrons.